The lowest BCUT2D eigenvalue weighted by atomic mass is 10.0. The van der Waals surface area contributed by atoms with Crippen LogP contribution >= 0.6 is 0 Å². The lowest BCUT2D eigenvalue weighted by Gasteiger charge is -2.21. The minimum Gasteiger partial charge on any atom is -0.508 e. The average molecular weight is 455 g/mol. The first kappa shape index (κ1) is 23.7. The molecule has 2 N–H and O–H groups in total. The fourth-order valence-electron chi connectivity index (χ4n) is 2.57. The molecule has 2 aromatic carbocycles. The van der Waals surface area contributed by atoms with Gasteiger partial charge in [0.2, 0.25) is 16.2 Å². The number of phenolic OH excluding ortho intramolecular Hbond substituents is 1. The standard InChI is InChI=1S/C19H16F3N3O5S/c1-31(29,30)25(11-23)18(28)16(9-12-5-7-15(26)8-6-12)24-17(27)13-3-2-4-14(10-13)19(20,21)22/h2-8,10,16,26H,9H2,1H3,(H,24,27). The summed E-state index contributed by atoms with van der Waals surface area (Å²) < 4.78 is 62.1. The van der Waals surface area contributed by atoms with E-state index in [1.54, 1.807) is 0 Å². The molecule has 0 saturated heterocycles. The van der Waals surface area contributed by atoms with Gasteiger partial charge in [0, 0.05) is 12.0 Å². The van der Waals surface area contributed by atoms with Crippen LogP contribution in [0.3, 0.4) is 0 Å². The van der Waals surface area contributed by atoms with Gasteiger partial charge in [-0.05, 0) is 35.9 Å². The van der Waals surface area contributed by atoms with Gasteiger partial charge in [0.15, 0.2) is 0 Å². The van der Waals surface area contributed by atoms with E-state index in [9.17, 15) is 36.3 Å². The quantitative estimate of drug-likeness (QED) is 0.507. The molecule has 0 aliphatic heterocycles. The van der Waals surface area contributed by atoms with Gasteiger partial charge in [-0.15, -0.1) is 4.31 Å². The number of rotatable bonds is 6. The van der Waals surface area contributed by atoms with Gasteiger partial charge in [-0.1, -0.05) is 18.2 Å². The Morgan fingerprint density at radius 3 is 2.32 bits per heavy atom. The van der Waals surface area contributed by atoms with Crippen molar-refractivity contribution in [2.75, 3.05) is 6.26 Å². The number of amides is 2. The topological polar surface area (TPSA) is 128 Å². The minimum atomic E-state index is -4.70. The number of carbonyl (C=O) groups is 2. The maximum Gasteiger partial charge on any atom is 0.416 e. The zero-order valence-corrected chi connectivity index (χ0v) is 16.7. The number of nitrogens with one attached hydrogen (secondary N) is 1. The zero-order valence-electron chi connectivity index (χ0n) is 15.9. The van der Waals surface area contributed by atoms with E-state index in [1.807, 2.05) is 0 Å². The van der Waals surface area contributed by atoms with Crippen molar-refractivity contribution in [2.45, 2.75) is 18.6 Å². The Morgan fingerprint density at radius 2 is 1.81 bits per heavy atom. The van der Waals surface area contributed by atoms with Gasteiger partial charge in [-0.3, -0.25) is 9.59 Å². The molecule has 1 unspecified atom stereocenters. The van der Waals surface area contributed by atoms with Gasteiger partial charge < -0.3 is 10.4 Å². The molecule has 0 fully saturated rings. The largest absolute Gasteiger partial charge is 0.508 e. The monoisotopic (exact) mass is 455 g/mol. The SMILES string of the molecule is CS(=O)(=O)N(C#N)C(=O)C(Cc1ccc(O)cc1)NC(=O)c1cccc(C(F)(F)F)c1. The molecule has 0 radical (unpaired) electrons. The molecule has 0 aromatic heterocycles. The highest BCUT2D eigenvalue weighted by atomic mass is 32.2. The molecule has 12 heteroatoms. The van der Waals surface area contributed by atoms with Crippen LogP contribution in [0.4, 0.5) is 13.2 Å². The third-order valence-corrected chi connectivity index (χ3v) is 4.98. The highest BCUT2D eigenvalue weighted by Crippen LogP contribution is 2.29. The highest BCUT2D eigenvalue weighted by Gasteiger charge is 2.34. The number of nitrogens with zero attached hydrogens (tertiary/aromatic N) is 2. The van der Waals surface area contributed by atoms with Crippen LogP contribution in [-0.2, 0) is 27.4 Å². The molecule has 0 aliphatic rings. The van der Waals surface area contributed by atoms with Gasteiger partial charge in [0.25, 0.3) is 11.8 Å². The molecule has 0 heterocycles. The fraction of sp³-hybridized carbons (Fsp3) is 0.211. The molecule has 8 nitrogen and oxygen atoms in total. The van der Waals surface area contributed by atoms with E-state index in [0.29, 0.717) is 17.9 Å². The third-order valence-electron chi connectivity index (χ3n) is 4.05. The molecule has 164 valence electrons. The van der Waals surface area contributed by atoms with Crippen molar-refractivity contribution in [1.29, 1.82) is 5.26 Å². The highest BCUT2D eigenvalue weighted by molar-refractivity contribution is 7.89. The van der Waals surface area contributed by atoms with Crippen LogP contribution in [0.1, 0.15) is 21.5 Å². The summed E-state index contributed by atoms with van der Waals surface area (Å²) in [6, 6.07) is 7.19. The molecular formula is C19H16F3N3O5S. The first-order valence-electron chi connectivity index (χ1n) is 8.53. The normalized spacial score (nSPS) is 12.5. The van der Waals surface area contributed by atoms with E-state index >= 15 is 0 Å². The Labute approximate surface area is 175 Å². The maximum atomic E-state index is 12.9. The molecule has 31 heavy (non-hydrogen) atoms. The molecule has 1 atom stereocenters. The summed E-state index contributed by atoms with van der Waals surface area (Å²) in [5, 5.41) is 20.6. The van der Waals surface area contributed by atoms with Gasteiger partial charge in [0.1, 0.15) is 11.8 Å². The number of sulfonamides is 1. The number of phenols is 1. The average Bonchev–Trinajstić information content (AvgIpc) is 2.67. The lowest BCUT2D eigenvalue weighted by Crippen LogP contribution is -2.49. The Morgan fingerprint density at radius 1 is 1.19 bits per heavy atom. The maximum absolute atomic E-state index is 12.9. The van der Waals surface area contributed by atoms with E-state index in [1.165, 1.54) is 30.5 Å². The Hall–Kier alpha value is -3.59. The van der Waals surface area contributed by atoms with Crippen molar-refractivity contribution in [3.05, 3.63) is 65.2 Å². The number of benzene rings is 2. The van der Waals surface area contributed by atoms with Gasteiger partial charge in [-0.2, -0.15) is 18.4 Å². The van der Waals surface area contributed by atoms with Gasteiger partial charge in [0.05, 0.1) is 11.8 Å². The molecule has 0 bridgehead atoms. The molecule has 0 spiro atoms. The molecule has 2 aromatic rings. The summed E-state index contributed by atoms with van der Waals surface area (Å²) in [6.45, 7) is 0. The van der Waals surface area contributed by atoms with E-state index in [4.69, 9.17) is 5.26 Å². The Kier molecular flexibility index (Phi) is 6.91. The summed E-state index contributed by atoms with van der Waals surface area (Å²) in [5.74, 6) is -2.46. The van der Waals surface area contributed by atoms with Gasteiger partial charge >= 0.3 is 6.18 Å². The summed E-state index contributed by atoms with van der Waals surface area (Å²) >= 11 is 0. The van der Waals surface area contributed by atoms with Crippen LogP contribution < -0.4 is 5.32 Å². The zero-order chi connectivity index (χ0) is 23.4. The van der Waals surface area contributed by atoms with Crippen LogP contribution in [0.5, 0.6) is 5.75 Å². The number of alkyl halides is 3. The second-order valence-electron chi connectivity index (χ2n) is 6.44. The Balaban J connectivity index is 2.38. The fourth-order valence-corrected chi connectivity index (χ4v) is 3.18. The van der Waals surface area contributed by atoms with Crippen LogP contribution in [0.15, 0.2) is 48.5 Å². The van der Waals surface area contributed by atoms with E-state index < -0.39 is 45.2 Å². The van der Waals surface area contributed by atoms with E-state index in [2.05, 4.69) is 5.32 Å². The summed E-state index contributed by atoms with van der Waals surface area (Å²) in [6.07, 6.45) is -3.17. The van der Waals surface area contributed by atoms with Crippen molar-refractivity contribution in [2.24, 2.45) is 0 Å². The number of nitriles is 1. The van der Waals surface area contributed by atoms with Gasteiger partial charge in [-0.25, -0.2) is 8.42 Å². The lowest BCUT2D eigenvalue weighted by molar-refractivity contribution is -0.137. The summed E-state index contributed by atoms with van der Waals surface area (Å²) in [4.78, 5) is 25.2. The van der Waals surface area contributed by atoms with E-state index in [-0.39, 0.29) is 16.5 Å². The number of hydrogen-bond donors (Lipinski definition) is 2. The Bertz CT molecular complexity index is 1130. The van der Waals surface area contributed by atoms with Crippen molar-refractivity contribution in [3.63, 3.8) is 0 Å². The molecular weight excluding hydrogens is 439 g/mol. The predicted octanol–water partition coefficient (Wildman–Crippen LogP) is 2.02. The molecule has 0 aliphatic carbocycles. The van der Waals surface area contributed by atoms with Crippen molar-refractivity contribution in [1.82, 2.24) is 9.62 Å². The first-order chi connectivity index (χ1) is 14.3. The number of hydrogen-bond acceptors (Lipinski definition) is 6. The van der Waals surface area contributed by atoms with Crippen molar-refractivity contribution in [3.8, 4) is 11.9 Å². The smallest absolute Gasteiger partial charge is 0.416 e. The van der Waals surface area contributed by atoms with Crippen LogP contribution in [0.25, 0.3) is 0 Å². The predicted molar refractivity (Wildman–Crippen MR) is 102 cm³/mol. The van der Waals surface area contributed by atoms with Crippen LogP contribution in [-0.4, -0.2) is 41.9 Å². The number of aromatic hydroxyl groups is 1. The molecule has 0 saturated carbocycles. The number of carbonyl (C=O) groups excluding carboxylic acids is 2. The first-order valence-corrected chi connectivity index (χ1v) is 10.4. The second-order valence-corrected chi connectivity index (χ2v) is 8.27. The van der Waals surface area contributed by atoms with Crippen LogP contribution in [0.2, 0.25) is 0 Å². The second kappa shape index (κ2) is 9.05. The summed E-state index contributed by atoms with van der Waals surface area (Å²) in [7, 11) is -4.30. The third kappa shape index (κ3) is 6.19. The number of halogens is 3. The van der Waals surface area contributed by atoms with E-state index in [0.717, 1.165) is 18.2 Å². The van der Waals surface area contributed by atoms with Crippen molar-refractivity contribution >= 4 is 21.8 Å². The molecule has 2 amide bonds. The molecule has 2 rings (SSSR count). The minimum absolute atomic E-state index is 0.0885. The van der Waals surface area contributed by atoms with Crippen LogP contribution in [0, 0.1) is 11.5 Å². The summed E-state index contributed by atoms with van der Waals surface area (Å²) in [5.41, 5.74) is -1.12. The van der Waals surface area contributed by atoms with Crippen molar-refractivity contribution < 1.29 is 36.3 Å².